The van der Waals surface area contributed by atoms with E-state index in [4.69, 9.17) is 4.74 Å². The summed E-state index contributed by atoms with van der Waals surface area (Å²) in [5.41, 5.74) is -1.60. The summed E-state index contributed by atoms with van der Waals surface area (Å²) in [4.78, 5) is 15.7. The number of nitrogens with zero attached hydrogens (tertiary/aromatic N) is 1. The van der Waals surface area contributed by atoms with Crippen molar-refractivity contribution in [3.63, 3.8) is 0 Å². The van der Waals surface area contributed by atoms with Crippen molar-refractivity contribution in [1.82, 2.24) is 4.90 Å². The van der Waals surface area contributed by atoms with Crippen molar-refractivity contribution in [2.75, 3.05) is 18.4 Å². The monoisotopic (exact) mass is 528 g/mol. The number of likely N-dealkylation sites (tertiary alicyclic amines) is 1. The average Bonchev–Trinajstić information content (AvgIpc) is 3.60. The van der Waals surface area contributed by atoms with E-state index in [0.29, 0.717) is 30.9 Å². The Morgan fingerprint density at radius 3 is 2.55 bits per heavy atom. The molecule has 2 aromatic carbocycles. The predicted molar refractivity (Wildman–Crippen MR) is 130 cm³/mol. The van der Waals surface area contributed by atoms with E-state index in [9.17, 15) is 33.3 Å². The molecule has 7 rings (SSSR count). The van der Waals surface area contributed by atoms with Crippen LogP contribution in [0, 0.1) is 5.92 Å². The smallest absolute Gasteiger partial charge is 0.416 e. The molecule has 200 valence electrons. The number of hydrogen-bond acceptors (Lipinski definition) is 6. The number of anilines is 1. The highest BCUT2D eigenvalue weighted by Gasteiger charge is 2.73. The first kappa shape index (κ1) is 23.8. The largest absolute Gasteiger partial charge is 0.508 e. The van der Waals surface area contributed by atoms with E-state index in [1.807, 2.05) is 6.07 Å². The lowest BCUT2D eigenvalue weighted by atomic mass is 9.49. The van der Waals surface area contributed by atoms with E-state index in [2.05, 4.69) is 10.2 Å². The molecule has 0 unspecified atom stereocenters. The molecule has 0 radical (unpaired) electrons. The quantitative estimate of drug-likeness (QED) is 0.478. The first-order valence-electron chi connectivity index (χ1n) is 12.9. The molecule has 0 aromatic heterocycles. The SMILES string of the molecule is O=C(Nc1ccc(C(F)(F)F)cc1)C1=C(O)[C@@H]2Oc3c(O)ccc4c3[C@@]23CCN(CC2CC2)[C@H](C4)[C@]3(O)C1. The van der Waals surface area contributed by atoms with Gasteiger partial charge in [-0.2, -0.15) is 13.2 Å². The Kier molecular flexibility index (Phi) is 4.81. The second-order valence-corrected chi connectivity index (χ2v) is 11.3. The normalized spacial score (nSPS) is 31.6. The first-order valence-corrected chi connectivity index (χ1v) is 12.9. The number of piperidine rings is 1. The Morgan fingerprint density at radius 2 is 1.87 bits per heavy atom. The molecule has 4 N–H and O–H groups in total. The van der Waals surface area contributed by atoms with E-state index in [1.165, 1.54) is 0 Å². The number of phenols is 1. The van der Waals surface area contributed by atoms with Crippen LogP contribution < -0.4 is 10.1 Å². The Labute approximate surface area is 216 Å². The lowest BCUT2D eigenvalue weighted by Gasteiger charge is -2.62. The van der Waals surface area contributed by atoms with E-state index < -0.39 is 34.8 Å². The number of amides is 1. The molecular weight excluding hydrogens is 501 g/mol. The average molecular weight is 529 g/mol. The van der Waals surface area contributed by atoms with Gasteiger partial charge in [0.05, 0.1) is 22.2 Å². The van der Waals surface area contributed by atoms with Crippen LogP contribution in [0.3, 0.4) is 0 Å². The van der Waals surface area contributed by atoms with Crippen molar-refractivity contribution in [2.45, 2.75) is 61.4 Å². The minimum atomic E-state index is -4.51. The van der Waals surface area contributed by atoms with E-state index in [0.717, 1.165) is 49.2 Å². The molecule has 2 heterocycles. The van der Waals surface area contributed by atoms with Crippen molar-refractivity contribution in [1.29, 1.82) is 0 Å². The fourth-order valence-corrected chi connectivity index (χ4v) is 7.32. The third-order valence-corrected chi connectivity index (χ3v) is 9.26. The van der Waals surface area contributed by atoms with Gasteiger partial charge in [0.2, 0.25) is 0 Å². The molecule has 1 amide bonds. The van der Waals surface area contributed by atoms with Gasteiger partial charge in [-0.1, -0.05) is 6.07 Å². The van der Waals surface area contributed by atoms with Crippen LogP contribution in [-0.2, 0) is 22.8 Å². The van der Waals surface area contributed by atoms with Crippen LogP contribution >= 0.6 is 0 Å². The van der Waals surface area contributed by atoms with Gasteiger partial charge in [-0.3, -0.25) is 9.69 Å². The van der Waals surface area contributed by atoms with Crippen molar-refractivity contribution < 1.29 is 38.0 Å². The van der Waals surface area contributed by atoms with Gasteiger partial charge in [0.15, 0.2) is 17.6 Å². The Morgan fingerprint density at radius 1 is 1.13 bits per heavy atom. The molecule has 3 aliphatic carbocycles. The zero-order valence-electron chi connectivity index (χ0n) is 20.4. The van der Waals surface area contributed by atoms with E-state index >= 15 is 0 Å². The van der Waals surface area contributed by atoms with Gasteiger partial charge in [0, 0.05) is 30.3 Å². The number of ether oxygens (including phenoxy) is 1. The topological polar surface area (TPSA) is 102 Å². The number of nitrogens with one attached hydrogen (secondary N) is 1. The van der Waals surface area contributed by atoms with Gasteiger partial charge in [-0.05, 0) is 74.0 Å². The van der Waals surface area contributed by atoms with E-state index in [-0.39, 0.29) is 41.0 Å². The zero-order chi connectivity index (χ0) is 26.6. The van der Waals surface area contributed by atoms with Crippen LogP contribution in [0.5, 0.6) is 11.5 Å². The van der Waals surface area contributed by atoms with Crippen LogP contribution in [0.2, 0.25) is 0 Å². The summed E-state index contributed by atoms with van der Waals surface area (Å²) in [5.74, 6) is -0.313. The van der Waals surface area contributed by atoms with Crippen LogP contribution in [0.15, 0.2) is 47.7 Å². The van der Waals surface area contributed by atoms with Crippen LogP contribution in [0.25, 0.3) is 0 Å². The molecule has 38 heavy (non-hydrogen) atoms. The summed E-state index contributed by atoms with van der Waals surface area (Å²) in [6, 6.07) is 7.13. The Balaban J connectivity index is 1.29. The summed E-state index contributed by atoms with van der Waals surface area (Å²) in [6.07, 6.45) is -2.43. The van der Waals surface area contributed by atoms with E-state index in [1.54, 1.807) is 6.07 Å². The summed E-state index contributed by atoms with van der Waals surface area (Å²) in [6.45, 7) is 1.54. The number of phenolic OH excluding ortho intramolecular Hbond substituents is 1. The molecule has 7 nitrogen and oxygen atoms in total. The number of aliphatic hydroxyl groups excluding tert-OH is 1. The Hall–Kier alpha value is -3.24. The highest BCUT2D eigenvalue weighted by molar-refractivity contribution is 6.04. The number of alkyl halides is 3. The number of aliphatic hydroxyl groups is 2. The maximum Gasteiger partial charge on any atom is 0.416 e. The standard InChI is InChI=1S/C28H27F3N2O5/c29-28(30,31)16-4-6-17(7-5-16)32-25(36)18-12-27(37)20-11-15-3-8-19(34)23-21(15)26(27,24(38-23)22(18)35)9-10-33(20)13-14-1-2-14/h3-8,14,20,24,34-35,37H,1-2,9-13H2,(H,32,36)/t20-,24+,26+,27-/m1/s1. The second kappa shape index (κ2) is 7.66. The number of hydrogen-bond donors (Lipinski definition) is 4. The lowest BCUT2D eigenvalue weighted by molar-refractivity contribution is -0.172. The number of benzene rings is 2. The highest BCUT2D eigenvalue weighted by atomic mass is 19.4. The molecule has 1 saturated carbocycles. The molecular formula is C28H27F3N2O5. The molecule has 1 spiro atoms. The van der Waals surface area contributed by atoms with Crippen molar-refractivity contribution in [3.8, 4) is 11.5 Å². The molecule has 10 heteroatoms. The fourth-order valence-electron chi connectivity index (χ4n) is 7.32. The number of carbonyl (C=O) groups excluding carboxylic acids is 1. The number of rotatable bonds is 4. The summed E-state index contributed by atoms with van der Waals surface area (Å²) in [7, 11) is 0. The molecule has 2 fully saturated rings. The summed E-state index contributed by atoms with van der Waals surface area (Å²) >= 11 is 0. The maximum atomic E-state index is 13.4. The Bertz CT molecular complexity index is 1390. The van der Waals surface area contributed by atoms with Crippen LogP contribution in [-0.4, -0.2) is 57.0 Å². The van der Waals surface area contributed by atoms with Crippen LogP contribution in [0.1, 0.15) is 42.4 Å². The lowest BCUT2D eigenvalue weighted by Crippen LogP contribution is -2.75. The number of carbonyl (C=O) groups is 1. The molecule has 1 saturated heterocycles. The molecule has 5 aliphatic rings. The summed E-state index contributed by atoms with van der Waals surface area (Å²) in [5, 5.41) is 37.2. The van der Waals surface area contributed by atoms with Gasteiger partial charge < -0.3 is 25.4 Å². The molecule has 2 aromatic rings. The van der Waals surface area contributed by atoms with Crippen molar-refractivity contribution >= 4 is 11.6 Å². The molecule has 4 atom stereocenters. The first-order chi connectivity index (χ1) is 18.0. The van der Waals surface area contributed by atoms with Gasteiger partial charge in [0.1, 0.15) is 5.76 Å². The van der Waals surface area contributed by atoms with Gasteiger partial charge in [-0.15, -0.1) is 0 Å². The molecule has 2 aliphatic heterocycles. The third-order valence-electron chi connectivity index (χ3n) is 9.26. The fraction of sp³-hybridized carbons (Fsp3) is 0.464. The van der Waals surface area contributed by atoms with Crippen LogP contribution in [0.4, 0.5) is 18.9 Å². The minimum Gasteiger partial charge on any atom is -0.508 e. The summed E-state index contributed by atoms with van der Waals surface area (Å²) < 4.78 is 45.0. The minimum absolute atomic E-state index is 0.0676. The second-order valence-electron chi connectivity index (χ2n) is 11.3. The number of aromatic hydroxyl groups is 1. The van der Waals surface area contributed by atoms with Crippen molar-refractivity contribution in [3.05, 3.63) is 64.4 Å². The third kappa shape index (κ3) is 3.13. The zero-order valence-corrected chi connectivity index (χ0v) is 20.4. The van der Waals surface area contributed by atoms with Gasteiger partial charge in [0.25, 0.3) is 5.91 Å². The maximum absolute atomic E-state index is 13.4. The molecule has 2 bridgehead atoms. The van der Waals surface area contributed by atoms with Gasteiger partial charge >= 0.3 is 6.18 Å². The number of halogens is 3. The van der Waals surface area contributed by atoms with Gasteiger partial charge in [-0.25, -0.2) is 0 Å². The highest BCUT2D eigenvalue weighted by Crippen LogP contribution is 2.66. The van der Waals surface area contributed by atoms with Crippen molar-refractivity contribution in [2.24, 2.45) is 5.92 Å². The predicted octanol–water partition coefficient (Wildman–Crippen LogP) is 4.04.